The average Bonchev–Trinajstić information content (AvgIpc) is 2.87. The van der Waals surface area contributed by atoms with Crippen molar-refractivity contribution in [1.82, 2.24) is 0 Å². The summed E-state index contributed by atoms with van der Waals surface area (Å²) in [5, 5.41) is 40.4. The summed E-state index contributed by atoms with van der Waals surface area (Å²) < 4.78 is 11.9. The van der Waals surface area contributed by atoms with Crippen LogP contribution in [-0.4, -0.2) is 58.5 Å². The molecule has 2 aromatic carbocycles. The van der Waals surface area contributed by atoms with Gasteiger partial charge in [0.2, 0.25) is 0 Å². The predicted molar refractivity (Wildman–Crippen MR) is 141 cm³/mol. The zero-order valence-corrected chi connectivity index (χ0v) is 21.3. The van der Waals surface area contributed by atoms with Crippen LogP contribution in [0, 0.1) is 0 Å². The van der Waals surface area contributed by atoms with Crippen LogP contribution in [0.15, 0.2) is 48.5 Å². The SMILES string of the molecule is CCCC(O)C(CCCC(O)COc1cccc(C(N)CCO)c1)Oc1cccc(C(O)CCN)c1. The lowest BCUT2D eigenvalue weighted by atomic mass is 10.0. The highest BCUT2D eigenvalue weighted by Crippen LogP contribution is 2.25. The first-order chi connectivity index (χ1) is 17.4. The molecule has 8 nitrogen and oxygen atoms in total. The van der Waals surface area contributed by atoms with Crippen molar-refractivity contribution >= 4 is 0 Å². The molecule has 0 bridgehead atoms. The minimum atomic E-state index is -0.668. The Balaban J connectivity index is 1.88. The van der Waals surface area contributed by atoms with Gasteiger partial charge in [-0.2, -0.15) is 0 Å². The number of aliphatic hydroxyl groups excluding tert-OH is 4. The van der Waals surface area contributed by atoms with E-state index in [0.29, 0.717) is 56.6 Å². The summed E-state index contributed by atoms with van der Waals surface area (Å²) >= 11 is 0. The molecule has 0 aliphatic heterocycles. The van der Waals surface area contributed by atoms with Gasteiger partial charge in [0, 0.05) is 12.6 Å². The Kier molecular flexibility index (Phi) is 13.8. The van der Waals surface area contributed by atoms with Gasteiger partial charge in [0.15, 0.2) is 0 Å². The second kappa shape index (κ2) is 16.5. The third-order valence-electron chi connectivity index (χ3n) is 6.18. The van der Waals surface area contributed by atoms with Gasteiger partial charge in [0.05, 0.1) is 18.3 Å². The Morgan fingerprint density at radius 3 is 2.25 bits per heavy atom. The van der Waals surface area contributed by atoms with Gasteiger partial charge in [-0.25, -0.2) is 0 Å². The van der Waals surface area contributed by atoms with Crippen molar-refractivity contribution in [2.24, 2.45) is 11.5 Å². The second-order valence-corrected chi connectivity index (χ2v) is 9.26. The third-order valence-corrected chi connectivity index (χ3v) is 6.18. The molecule has 5 unspecified atom stereocenters. The first-order valence-electron chi connectivity index (χ1n) is 13.0. The molecule has 2 aromatic rings. The molecule has 0 saturated carbocycles. The fourth-order valence-corrected chi connectivity index (χ4v) is 4.08. The zero-order chi connectivity index (χ0) is 26.3. The number of hydrogen-bond donors (Lipinski definition) is 6. The van der Waals surface area contributed by atoms with Crippen LogP contribution >= 0.6 is 0 Å². The zero-order valence-electron chi connectivity index (χ0n) is 21.3. The highest BCUT2D eigenvalue weighted by molar-refractivity contribution is 5.31. The van der Waals surface area contributed by atoms with Gasteiger partial charge in [0.1, 0.15) is 24.2 Å². The van der Waals surface area contributed by atoms with Crippen molar-refractivity contribution in [2.75, 3.05) is 19.8 Å². The van der Waals surface area contributed by atoms with E-state index in [9.17, 15) is 15.3 Å². The van der Waals surface area contributed by atoms with Gasteiger partial charge in [0.25, 0.3) is 0 Å². The van der Waals surface area contributed by atoms with E-state index < -0.39 is 24.4 Å². The van der Waals surface area contributed by atoms with Gasteiger partial charge < -0.3 is 41.4 Å². The monoisotopic (exact) mass is 504 g/mol. The molecule has 0 aliphatic rings. The molecule has 0 saturated heterocycles. The lowest BCUT2D eigenvalue weighted by Crippen LogP contribution is -2.32. The van der Waals surface area contributed by atoms with E-state index in [-0.39, 0.29) is 19.3 Å². The van der Waals surface area contributed by atoms with Crippen LogP contribution in [0.2, 0.25) is 0 Å². The Labute approximate surface area is 214 Å². The summed E-state index contributed by atoms with van der Waals surface area (Å²) in [5.74, 6) is 1.21. The van der Waals surface area contributed by atoms with Crippen LogP contribution in [0.25, 0.3) is 0 Å². The topological polar surface area (TPSA) is 151 Å². The molecule has 202 valence electrons. The maximum Gasteiger partial charge on any atom is 0.124 e. The van der Waals surface area contributed by atoms with E-state index in [2.05, 4.69) is 0 Å². The van der Waals surface area contributed by atoms with Crippen LogP contribution in [0.3, 0.4) is 0 Å². The molecule has 0 aliphatic carbocycles. The number of rotatable bonds is 18. The van der Waals surface area contributed by atoms with Gasteiger partial charge in [-0.05, 0) is 80.5 Å². The Morgan fingerprint density at radius 2 is 1.56 bits per heavy atom. The van der Waals surface area contributed by atoms with E-state index in [1.807, 2.05) is 49.4 Å². The largest absolute Gasteiger partial charge is 0.491 e. The normalized spacial score (nSPS) is 15.6. The molecular formula is C28H44N2O6. The molecule has 0 fully saturated rings. The van der Waals surface area contributed by atoms with Gasteiger partial charge in [-0.15, -0.1) is 0 Å². The first-order valence-corrected chi connectivity index (χ1v) is 13.0. The Bertz CT molecular complexity index is 867. The van der Waals surface area contributed by atoms with Crippen LogP contribution in [0.4, 0.5) is 0 Å². The predicted octanol–water partition coefficient (Wildman–Crippen LogP) is 2.97. The molecule has 0 radical (unpaired) electrons. The Morgan fingerprint density at radius 1 is 0.861 bits per heavy atom. The fraction of sp³-hybridized carbons (Fsp3) is 0.571. The van der Waals surface area contributed by atoms with Gasteiger partial charge in [-0.3, -0.25) is 0 Å². The number of hydrogen-bond acceptors (Lipinski definition) is 8. The highest BCUT2D eigenvalue weighted by Gasteiger charge is 2.21. The third kappa shape index (κ3) is 10.4. The molecule has 8 N–H and O–H groups in total. The van der Waals surface area contributed by atoms with Gasteiger partial charge >= 0.3 is 0 Å². The minimum Gasteiger partial charge on any atom is -0.491 e. The smallest absolute Gasteiger partial charge is 0.124 e. The first kappa shape index (κ1) is 30.0. The van der Waals surface area contributed by atoms with Crippen molar-refractivity contribution in [2.45, 2.75) is 82.3 Å². The number of nitrogens with two attached hydrogens (primary N) is 2. The summed E-state index contributed by atoms with van der Waals surface area (Å²) in [6, 6.07) is 14.4. The maximum absolute atomic E-state index is 10.7. The average molecular weight is 505 g/mol. The van der Waals surface area contributed by atoms with E-state index in [1.54, 1.807) is 6.07 Å². The fourth-order valence-electron chi connectivity index (χ4n) is 4.08. The van der Waals surface area contributed by atoms with Crippen molar-refractivity contribution in [3.8, 4) is 11.5 Å². The molecule has 2 rings (SSSR count). The lowest BCUT2D eigenvalue weighted by molar-refractivity contribution is 0.0204. The molecule has 0 spiro atoms. The molecule has 8 heteroatoms. The quantitative estimate of drug-likeness (QED) is 0.181. The highest BCUT2D eigenvalue weighted by atomic mass is 16.5. The van der Waals surface area contributed by atoms with E-state index in [4.69, 9.17) is 26.0 Å². The summed E-state index contributed by atoms with van der Waals surface area (Å²) in [7, 11) is 0. The Hall–Kier alpha value is -2.20. The molecular weight excluding hydrogens is 460 g/mol. The number of aliphatic hydroxyl groups is 4. The van der Waals surface area contributed by atoms with E-state index in [0.717, 1.165) is 17.5 Å². The molecule has 36 heavy (non-hydrogen) atoms. The summed E-state index contributed by atoms with van der Waals surface area (Å²) in [4.78, 5) is 0. The molecule has 0 aromatic heterocycles. The minimum absolute atomic E-state index is 0.0182. The molecule has 0 amide bonds. The van der Waals surface area contributed by atoms with Gasteiger partial charge in [-0.1, -0.05) is 37.6 Å². The second-order valence-electron chi connectivity index (χ2n) is 9.26. The summed E-state index contributed by atoms with van der Waals surface area (Å²) in [5.41, 5.74) is 13.2. The van der Waals surface area contributed by atoms with Crippen LogP contribution in [0.5, 0.6) is 11.5 Å². The van der Waals surface area contributed by atoms with Crippen molar-refractivity contribution in [3.05, 3.63) is 59.7 Å². The van der Waals surface area contributed by atoms with E-state index >= 15 is 0 Å². The van der Waals surface area contributed by atoms with Crippen LogP contribution in [0.1, 0.15) is 75.1 Å². The van der Waals surface area contributed by atoms with Crippen molar-refractivity contribution < 1.29 is 29.9 Å². The van der Waals surface area contributed by atoms with E-state index in [1.165, 1.54) is 0 Å². The van der Waals surface area contributed by atoms with Crippen molar-refractivity contribution in [3.63, 3.8) is 0 Å². The maximum atomic E-state index is 10.7. The number of benzene rings is 2. The van der Waals surface area contributed by atoms with Crippen LogP contribution < -0.4 is 20.9 Å². The summed E-state index contributed by atoms with van der Waals surface area (Å²) in [6.45, 7) is 2.56. The standard InChI is InChI=1S/C28H44N2O6/c1-2-6-27(34)28(36-24-11-4-8-21(18-24)26(33)13-15-29)12-5-9-22(32)19-35-23-10-3-7-20(17-23)25(30)14-16-31/h3-4,7-8,10-11,17-18,22,25-28,31-34H,2,5-6,9,12-16,19,29-30H2,1H3. The number of ether oxygens (including phenoxy) is 2. The molecule has 0 heterocycles. The van der Waals surface area contributed by atoms with Crippen molar-refractivity contribution in [1.29, 1.82) is 0 Å². The molecule has 5 atom stereocenters. The summed E-state index contributed by atoms with van der Waals surface area (Å²) in [6.07, 6.45) is 1.70. The lowest BCUT2D eigenvalue weighted by Gasteiger charge is -2.25. The van der Waals surface area contributed by atoms with Crippen LogP contribution in [-0.2, 0) is 0 Å².